The molecule has 7 heteroatoms. The number of rotatable bonds is 5. The van der Waals surface area contributed by atoms with Crippen LogP contribution >= 0.6 is 0 Å². The lowest BCUT2D eigenvalue weighted by molar-refractivity contribution is 0.311. The molecule has 0 aromatic carbocycles. The van der Waals surface area contributed by atoms with Gasteiger partial charge < -0.3 is 10.3 Å². The molecule has 16 heavy (non-hydrogen) atoms. The summed E-state index contributed by atoms with van der Waals surface area (Å²) < 4.78 is 27.0. The maximum atomic E-state index is 11.0. The van der Waals surface area contributed by atoms with Crippen LogP contribution in [0.15, 0.2) is 4.52 Å². The van der Waals surface area contributed by atoms with Crippen LogP contribution in [0.3, 0.4) is 0 Å². The highest BCUT2D eigenvalue weighted by Crippen LogP contribution is 2.20. The molecule has 0 spiro atoms. The Balaban J connectivity index is 2.79. The monoisotopic (exact) mass is 247 g/mol. The van der Waals surface area contributed by atoms with Crippen molar-refractivity contribution in [1.29, 1.82) is 0 Å². The van der Waals surface area contributed by atoms with Gasteiger partial charge in [0.1, 0.15) is 5.75 Å². The molecule has 0 aliphatic heterocycles. The summed E-state index contributed by atoms with van der Waals surface area (Å²) in [5, 5.41) is 3.59. The van der Waals surface area contributed by atoms with E-state index in [9.17, 15) is 8.42 Å². The summed E-state index contributed by atoms with van der Waals surface area (Å²) >= 11 is 0. The van der Waals surface area contributed by atoms with Crippen molar-refractivity contribution >= 4 is 9.84 Å². The maximum Gasteiger partial charge on any atom is 0.243 e. The Hall–Kier alpha value is -0.950. The molecule has 1 unspecified atom stereocenters. The minimum Gasteiger partial charge on any atom is -0.338 e. The van der Waals surface area contributed by atoms with Gasteiger partial charge in [0.25, 0.3) is 0 Å². The number of nitrogens with two attached hydrogens (primary N) is 1. The van der Waals surface area contributed by atoms with Gasteiger partial charge in [-0.2, -0.15) is 4.98 Å². The van der Waals surface area contributed by atoms with Gasteiger partial charge in [-0.15, -0.1) is 0 Å². The zero-order valence-electron chi connectivity index (χ0n) is 9.67. The lowest BCUT2D eigenvalue weighted by Crippen LogP contribution is -2.19. The van der Waals surface area contributed by atoms with Crippen molar-refractivity contribution in [2.75, 3.05) is 6.26 Å². The van der Waals surface area contributed by atoms with Gasteiger partial charge in [0.15, 0.2) is 15.7 Å². The van der Waals surface area contributed by atoms with Crippen molar-refractivity contribution in [3.63, 3.8) is 0 Å². The highest BCUT2D eigenvalue weighted by molar-refractivity contribution is 7.89. The molecule has 1 aromatic rings. The molecule has 0 aliphatic carbocycles. The molecule has 0 aliphatic rings. The van der Waals surface area contributed by atoms with Crippen LogP contribution < -0.4 is 5.73 Å². The van der Waals surface area contributed by atoms with E-state index < -0.39 is 9.84 Å². The third-order valence-electron chi connectivity index (χ3n) is 2.42. The first-order chi connectivity index (χ1) is 7.33. The summed E-state index contributed by atoms with van der Waals surface area (Å²) in [7, 11) is -3.14. The molecule has 1 rings (SSSR count). The average Bonchev–Trinajstić information content (AvgIpc) is 2.61. The summed E-state index contributed by atoms with van der Waals surface area (Å²) in [5.74, 6) is 0.458. The van der Waals surface area contributed by atoms with E-state index in [2.05, 4.69) is 10.1 Å². The van der Waals surface area contributed by atoms with Crippen LogP contribution in [0.1, 0.15) is 38.0 Å². The summed E-state index contributed by atoms with van der Waals surface area (Å²) in [6.07, 6.45) is 2.02. The summed E-state index contributed by atoms with van der Waals surface area (Å²) in [6, 6.07) is -0.342. The van der Waals surface area contributed by atoms with Gasteiger partial charge in [-0.25, -0.2) is 8.42 Å². The van der Waals surface area contributed by atoms with Crippen LogP contribution in [0.25, 0.3) is 0 Å². The van der Waals surface area contributed by atoms with E-state index in [1.54, 1.807) is 0 Å². The number of hydrogen-bond acceptors (Lipinski definition) is 6. The Morgan fingerprint density at radius 3 is 2.62 bits per heavy atom. The van der Waals surface area contributed by atoms with Crippen LogP contribution in [-0.2, 0) is 15.6 Å². The normalized spacial score (nSPS) is 16.0. The van der Waals surface area contributed by atoms with Crippen LogP contribution in [0.4, 0.5) is 0 Å². The van der Waals surface area contributed by atoms with Gasteiger partial charge >= 0.3 is 0 Å². The first kappa shape index (κ1) is 13.1. The lowest BCUT2D eigenvalue weighted by Gasteiger charge is -2.12. The van der Waals surface area contributed by atoms with Gasteiger partial charge in [0, 0.05) is 6.26 Å². The molecule has 0 amide bonds. The maximum absolute atomic E-state index is 11.0. The highest BCUT2D eigenvalue weighted by Gasteiger charge is 2.21. The fourth-order valence-corrected chi connectivity index (χ4v) is 1.78. The standard InChI is InChI=1S/C9H17N3O3S/c1-4-6(2)8(10)9-11-7(12-15-9)5-16(3,13)14/h6,8H,4-5,10H2,1-3H3/t6?,8-/m0/s1. The molecule has 1 aromatic heterocycles. The SMILES string of the molecule is CCC(C)[C@H](N)c1nc(CS(C)(=O)=O)no1. The Morgan fingerprint density at radius 1 is 1.50 bits per heavy atom. The quantitative estimate of drug-likeness (QED) is 0.820. The van der Waals surface area contributed by atoms with Crippen molar-refractivity contribution in [3.05, 3.63) is 11.7 Å². The van der Waals surface area contributed by atoms with Crippen molar-refractivity contribution in [2.24, 2.45) is 11.7 Å². The Bertz CT molecular complexity index is 441. The third kappa shape index (κ3) is 3.57. The lowest BCUT2D eigenvalue weighted by atomic mass is 10.0. The second-order valence-electron chi connectivity index (χ2n) is 4.03. The number of nitrogens with zero attached hydrogens (tertiary/aromatic N) is 2. The molecule has 2 N–H and O–H groups in total. The molecule has 0 bridgehead atoms. The van der Waals surface area contributed by atoms with E-state index in [-0.39, 0.29) is 23.5 Å². The minimum absolute atomic E-state index is 0.163. The summed E-state index contributed by atoms with van der Waals surface area (Å²) in [5.41, 5.74) is 5.88. The van der Waals surface area contributed by atoms with E-state index in [4.69, 9.17) is 10.3 Å². The largest absolute Gasteiger partial charge is 0.338 e. The van der Waals surface area contributed by atoms with Crippen molar-refractivity contribution in [2.45, 2.75) is 32.1 Å². The van der Waals surface area contributed by atoms with Crippen molar-refractivity contribution < 1.29 is 12.9 Å². The Kier molecular flexibility index (Phi) is 4.03. The fraction of sp³-hybridized carbons (Fsp3) is 0.778. The second kappa shape index (κ2) is 4.92. The van der Waals surface area contributed by atoms with E-state index in [1.807, 2.05) is 13.8 Å². The van der Waals surface area contributed by atoms with Crippen molar-refractivity contribution in [3.8, 4) is 0 Å². The fourth-order valence-electron chi connectivity index (χ4n) is 1.19. The molecule has 0 fully saturated rings. The van der Waals surface area contributed by atoms with Gasteiger partial charge in [-0.1, -0.05) is 25.4 Å². The number of hydrogen-bond donors (Lipinski definition) is 1. The summed E-state index contributed by atoms with van der Waals surface area (Å²) in [4.78, 5) is 3.98. The van der Waals surface area contributed by atoms with Crippen LogP contribution in [0.2, 0.25) is 0 Å². The van der Waals surface area contributed by atoms with E-state index in [1.165, 1.54) is 0 Å². The zero-order chi connectivity index (χ0) is 12.3. The van der Waals surface area contributed by atoms with E-state index in [0.29, 0.717) is 5.89 Å². The molecular weight excluding hydrogens is 230 g/mol. The van der Waals surface area contributed by atoms with Crippen LogP contribution in [0, 0.1) is 5.92 Å². The molecule has 0 saturated carbocycles. The molecule has 92 valence electrons. The zero-order valence-corrected chi connectivity index (χ0v) is 10.5. The molecule has 0 saturated heterocycles. The highest BCUT2D eigenvalue weighted by atomic mass is 32.2. The first-order valence-corrected chi connectivity index (χ1v) is 7.15. The second-order valence-corrected chi connectivity index (χ2v) is 6.17. The van der Waals surface area contributed by atoms with Gasteiger partial charge in [0.2, 0.25) is 5.89 Å². The van der Waals surface area contributed by atoms with Gasteiger partial charge in [-0.3, -0.25) is 0 Å². The molecule has 0 radical (unpaired) electrons. The summed E-state index contributed by atoms with van der Waals surface area (Å²) in [6.45, 7) is 3.99. The van der Waals surface area contributed by atoms with E-state index in [0.717, 1.165) is 12.7 Å². The van der Waals surface area contributed by atoms with Crippen LogP contribution in [0.5, 0.6) is 0 Å². The smallest absolute Gasteiger partial charge is 0.243 e. The number of sulfone groups is 1. The molecule has 1 heterocycles. The van der Waals surface area contributed by atoms with E-state index >= 15 is 0 Å². The van der Waals surface area contributed by atoms with Crippen LogP contribution in [-0.4, -0.2) is 24.8 Å². The molecular formula is C9H17N3O3S. The predicted octanol–water partition coefficient (Wildman–Crippen LogP) is 0.660. The minimum atomic E-state index is -3.14. The van der Waals surface area contributed by atoms with Crippen molar-refractivity contribution in [1.82, 2.24) is 10.1 Å². The van der Waals surface area contributed by atoms with Gasteiger partial charge in [-0.05, 0) is 5.92 Å². The average molecular weight is 247 g/mol. The Labute approximate surface area is 95.1 Å². The predicted molar refractivity (Wildman–Crippen MR) is 59.2 cm³/mol. The number of aromatic nitrogens is 2. The topological polar surface area (TPSA) is 99.1 Å². The first-order valence-electron chi connectivity index (χ1n) is 5.09. The molecule has 2 atom stereocenters. The molecule has 6 nitrogen and oxygen atoms in total. The Morgan fingerprint density at radius 2 is 2.12 bits per heavy atom. The third-order valence-corrected chi connectivity index (χ3v) is 3.20. The van der Waals surface area contributed by atoms with Gasteiger partial charge in [0.05, 0.1) is 6.04 Å².